The molecule has 2 amide bonds. The molecule has 4 saturated carbocycles. The highest BCUT2D eigenvalue weighted by atomic mass is 35.5. The van der Waals surface area contributed by atoms with E-state index in [1.807, 2.05) is 53.4 Å². The maximum atomic E-state index is 12.8. The largest absolute Gasteiger partial charge is 0.362 e. The molecule has 2 aromatic carbocycles. The van der Waals surface area contributed by atoms with Crippen LogP contribution >= 0.6 is 23.2 Å². The number of nitrogens with one attached hydrogen (secondary N) is 1. The fraction of sp³-hybridized carbons (Fsp3) is 0.536. The molecule has 5 aliphatic rings. The summed E-state index contributed by atoms with van der Waals surface area (Å²) in [5.41, 5.74) is 2.08. The summed E-state index contributed by atoms with van der Waals surface area (Å²) in [7, 11) is 0. The fourth-order valence-corrected chi connectivity index (χ4v) is 7.45. The van der Waals surface area contributed by atoms with E-state index in [0.717, 1.165) is 41.3 Å². The van der Waals surface area contributed by atoms with Gasteiger partial charge in [-0.2, -0.15) is 0 Å². The first-order valence-electron chi connectivity index (χ1n) is 12.7. The van der Waals surface area contributed by atoms with Gasteiger partial charge in [0.15, 0.2) is 0 Å². The second kappa shape index (κ2) is 9.37. The molecule has 0 radical (unpaired) electrons. The van der Waals surface area contributed by atoms with Crippen LogP contribution in [-0.4, -0.2) is 36.7 Å². The number of benzene rings is 2. The van der Waals surface area contributed by atoms with Gasteiger partial charge in [0.2, 0.25) is 0 Å². The fourth-order valence-electron chi connectivity index (χ4n) is 7.20. The number of urea groups is 1. The normalized spacial score (nSPS) is 30.0. The maximum Gasteiger partial charge on any atom is 0.317 e. The topological polar surface area (TPSA) is 41.6 Å². The Labute approximate surface area is 211 Å². The summed E-state index contributed by atoms with van der Waals surface area (Å²) in [4.78, 5) is 14.7. The van der Waals surface area contributed by atoms with Crippen LogP contribution in [0.5, 0.6) is 0 Å². The van der Waals surface area contributed by atoms with E-state index in [1.54, 1.807) is 0 Å². The second-order valence-electron chi connectivity index (χ2n) is 10.9. The molecule has 4 aliphatic carbocycles. The quantitative estimate of drug-likeness (QED) is 0.489. The Bertz CT molecular complexity index is 946. The van der Waals surface area contributed by atoms with Crippen LogP contribution in [0, 0.1) is 29.6 Å². The minimum Gasteiger partial charge on any atom is -0.362 e. The molecule has 7 rings (SSSR count). The molecule has 0 aromatic heterocycles. The molecule has 1 saturated heterocycles. The third-order valence-corrected chi connectivity index (χ3v) is 9.22. The molecule has 4 bridgehead atoms. The summed E-state index contributed by atoms with van der Waals surface area (Å²) in [5.74, 6) is 4.30. The minimum atomic E-state index is -0.224. The number of hydrogen-bond acceptors (Lipinski definition) is 2. The first kappa shape index (κ1) is 22.7. The van der Waals surface area contributed by atoms with Gasteiger partial charge in [-0.3, -0.25) is 0 Å². The van der Waals surface area contributed by atoms with Gasteiger partial charge >= 0.3 is 6.03 Å². The van der Waals surface area contributed by atoms with Crippen molar-refractivity contribution in [1.29, 1.82) is 0 Å². The van der Waals surface area contributed by atoms with Gasteiger partial charge in [0.1, 0.15) is 6.10 Å². The molecule has 4 nitrogen and oxygen atoms in total. The van der Waals surface area contributed by atoms with E-state index in [9.17, 15) is 4.79 Å². The first-order chi connectivity index (χ1) is 16.5. The minimum absolute atomic E-state index is 0.00304. The van der Waals surface area contributed by atoms with E-state index in [-0.39, 0.29) is 18.2 Å². The van der Waals surface area contributed by atoms with Crippen LogP contribution in [0.2, 0.25) is 10.0 Å². The molecule has 1 heterocycles. The van der Waals surface area contributed by atoms with Crippen LogP contribution in [0.25, 0.3) is 0 Å². The lowest BCUT2D eigenvalue weighted by molar-refractivity contribution is -0.0658. The molecular formula is C28H32Cl2N2O2. The van der Waals surface area contributed by atoms with Gasteiger partial charge in [-0.25, -0.2) is 4.79 Å². The Morgan fingerprint density at radius 3 is 1.85 bits per heavy atom. The van der Waals surface area contributed by atoms with Crippen LogP contribution in [-0.2, 0) is 4.74 Å². The van der Waals surface area contributed by atoms with Gasteiger partial charge in [0, 0.05) is 16.6 Å². The average Bonchev–Trinajstić information content (AvgIpc) is 2.79. The Balaban J connectivity index is 1.04. The highest BCUT2D eigenvalue weighted by Crippen LogP contribution is 2.56. The molecule has 0 unspecified atom stereocenters. The van der Waals surface area contributed by atoms with Crippen LogP contribution in [0.15, 0.2) is 48.5 Å². The number of carbonyl (C=O) groups excluding carboxylic acids is 1. The van der Waals surface area contributed by atoms with Crippen molar-refractivity contribution < 1.29 is 9.53 Å². The third-order valence-electron chi connectivity index (χ3n) is 8.72. The van der Waals surface area contributed by atoms with Crippen molar-refractivity contribution in [2.75, 3.05) is 19.6 Å². The molecule has 1 aliphatic heterocycles. The van der Waals surface area contributed by atoms with Crippen molar-refractivity contribution in [3.8, 4) is 0 Å². The van der Waals surface area contributed by atoms with Crippen molar-refractivity contribution in [2.45, 2.75) is 44.3 Å². The van der Waals surface area contributed by atoms with Crippen LogP contribution in [0.1, 0.15) is 49.3 Å². The third kappa shape index (κ3) is 4.57. The van der Waals surface area contributed by atoms with Crippen LogP contribution in [0.3, 0.4) is 0 Å². The number of likely N-dealkylation sites (tertiary alicyclic amines) is 1. The average molecular weight is 499 g/mol. The lowest BCUT2D eigenvalue weighted by Gasteiger charge is -2.54. The van der Waals surface area contributed by atoms with Crippen molar-refractivity contribution in [3.05, 3.63) is 69.7 Å². The molecule has 1 N–H and O–H groups in total. The molecule has 2 aromatic rings. The zero-order chi connectivity index (χ0) is 23.2. The van der Waals surface area contributed by atoms with Crippen LogP contribution in [0.4, 0.5) is 4.79 Å². The summed E-state index contributed by atoms with van der Waals surface area (Å²) >= 11 is 12.2. The SMILES string of the molecule is O=C(NCC1C2CC3CC(C2)CC1C3)N1CC(OC(c2ccc(Cl)cc2)c2ccc(Cl)cc2)C1. The highest BCUT2D eigenvalue weighted by Gasteiger charge is 2.48. The van der Waals surface area contributed by atoms with Crippen molar-refractivity contribution in [2.24, 2.45) is 29.6 Å². The second-order valence-corrected chi connectivity index (χ2v) is 11.8. The van der Waals surface area contributed by atoms with Crippen LogP contribution < -0.4 is 5.32 Å². The summed E-state index contributed by atoms with van der Waals surface area (Å²) in [6, 6.07) is 15.6. The summed E-state index contributed by atoms with van der Waals surface area (Å²) in [5, 5.41) is 4.66. The van der Waals surface area contributed by atoms with E-state index in [4.69, 9.17) is 27.9 Å². The van der Waals surface area contributed by atoms with E-state index in [2.05, 4.69) is 5.32 Å². The maximum absolute atomic E-state index is 12.8. The van der Waals surface area contributed by atoms with E-state index in [0.29, 0.717) is 29.1 Å². The van der Waals surface area contributed by atoms with Gasteiger partial charge in [-0.15, -0.1) is 0 Å². The van der Waals surface area contributed by atoms with E-state index < -0.39 is 0 Å². The number of halogens is 2. The number of ether oxygens (including phenoxy) is 1. The molecular weight excluding hydrogens is 467 g/mol. The molecule has 34 heavy (non-hydrogen) atoms. The monoisotopic (exact) mass is 498 g/mol. The smallest absolute Gasteiger partial charge is 0.317 e. The lowest BCUT2D eigenvalue weighted by atomic mass is 9.52. The summed E-state index contributed by atoms with van der Waals surface area (Å²) in [6.45, 7) is 2.07. The van der Waals surface area contributed by atoms with E-state index >= 15 is 0 Å². The lowest BCUT2D eigenvalue weighted by Crippen LogP contribution is -2.59. The van der Waals surface area contributed by atoms with E-state index in [1.165, 1.54) is 32.1 Å². The van der Waals surface area contributed by atoms with Gasteiger partial charge in [-0.05, 0) is 97.1 Å². The van der Waals surface area contributed by atoms with Crippen molar-refractivity contribution in [3.63, 3.8) is 0 Å². The number of nitrogens with zero attached hydrogens (tertiary/aromatic N) is 1. The summed E-state index contributed by atoms with van der Waals surface area (Å²) in [6.07, 6.45) is 6.82. The number of rotatable bonds is 6. The van der Waals surface area contributed by atoms with Crippen molar-refractivity contribution in [1.82, 2.24) is 10.2 Å². The Kier molecular flexibility index (Phi) is 6.25. The predicted molar refractivity (Wildman–Crippen MR) is 135 cm³/mol. The molecule has 0 atom stereocenters. The van der Waals surface area contributed by atoms with Gasteiger partial charge < -0.3 is 15.0 Å². The molecule has 180 valence electrons. The van der Waals surface area contributed by atoms with Gasteiger partial charge in [0.25, 0.3) is 0 Å². The van der Waals surface area contributed by atoms with Gasteiger partial charge in [-0.1, -0.05) is 47.5 Å². The highest BCUT2D eigenvalue weighted by molar-refractivity contribution is 6.30. The van der Waals surface area contributed by atoms with Gasteiger partial charge in [0.05, 0.1) is 19.2 Å². The zero-order valence-corrected chi connectivity index (χ0v) is 20.8. The first-order valence-corrected chi connectivity index (χ1v) is 13.5. The molecule has 0 spiro atoms. The standard InChI is InChI=1S/C28H32Cl2N2O2/c29-23-5-1-19(2-6-23)27(20-3-7-24(30)8-4-20)34-25-15-32(16-25)28(33)31-14-26-21-10-17-9-18(12-21)13-22(26)11-17/h1-8,17-18,21-22,25-27H,9-16H2,(H,31,33). The zero-order valence-electron chi connectivity index (χ0n) is 19.3. The molecule has 5 fully saturated rings. The Hall–Kier alpha value is -1.75. The molecule has 6 heteroatoms. The Morgan fingerprint density at radius 2 is 1.35 bits per heavy atom. The number of carbonyl (C=O) groups is 1. The number of amides is 2. The predicted octanol–water partition coefficient (Wildman–Crippen LogP) is 6.57. The van der Waals surface area contributed by atoms with Crippen molar-refractivity contribution >= 4 is 29.2 Å². The number of hydrogen-bond donors (Lipinski definition) is 1. The Morgan fingerprint density at radius 1 is 0.853 bits per heavy atom. The summed E-state index contributed by atoms with van der Waals surface area (Å²) < 4.78 is 6.48.